The number of benzene rings is 1. The molecule has 0 spiro atoms. The zero-order chi connectivity index (χ0) is 20.5. The van der Waals surface area contributed by atoms with E-state index in [0.29, 0.717) is 44.1 Å². The molecule has 154 valence electrons. The van der Waals surface area contributed by atoms with Gasteiger partial charge in [-0.2, -0.15) is 0 Å². The molecule has 2 rings (SSSR count). The molecule has 1 aromatic heterocycles. The smallest absolute Gasteiger partial charge is 0.332 e. The molecule has 0 saturated carbocycles. The van der Waals surface area contributed by atoms with Gasteiger partial charge in [0.15, 0.2) is 0 Å². The molecule has 1 atom stereocenters. The highest BCUT2D eigenvalue weighted by atomic mass is 16.5. The SMILES string of the molecule is CCn1c(NCCNCC(O)COc2ccccc2)c(C)c(=O)n(CC)c1=O. The average molecular weight is 390 g/mol. The van der Waals surface area contributed by atoms with E-state index in [0.717, 1.165) is 5.75 Å². The van der Waals surface area contributed by atoms with Gasteiger partial charge in [-0.05, 0) is 32.9 Å². The Bertz CT molecular complexity index is 861. The van der Waals surface area contributed by atoms with Gasteiger partial charge in [-0.3, -0.25) is 13.9 Å². The molecule has 0 bridgehead atoms. The molecule has 28 heavy (non-hydrogen) atoms. The third kappa shape index (κ3) is 5.46. The van der Waals surface area contributed by atoms with Gasteiger partial charge in [0.25, 0.3) is 5.56 Å². The first kappa shape index (κ1) is 21.7. The van der Waals surface area contributed by atoms with E-state index in [1.165, 1.54) is 4.57 Å². The van der Waals surface area contributed by atoms with Crippen molar-refractivity contribution in [3.05, 3.63) is 56.7 Å². The van der Waals surface area contributed by atoms with Crippen LogP contribution in [-0.4, -0.2) is 46.6 Å². The lowest BCUT2D eigenvalue weighted by molar-refractivity contribution is 0.107. The van der Waals surface area contributed by atoms with Crippen molar-refractivity contribution in [1.82, 2.24) is 14.5 Å². The fraction of sp³-hybridized carbons (Fsp3) is 0.500. The van der Waals surface area contributed by atoms with Crippen molar-refractivity contribution in [2.75, 3.05) is 31.6 Å². The standard InChI is InChI=1S/C20H30N4O4/c1-4-23-18(15(3)19(26)24(5-2)20(23)27)22-12-11-21-13-16(25)14-28-17-9-7-6-8-10-17/h6-10,16,21-22,25H,4-5,11-14H2,1-3H3. The Morgan fingerprint density at radius 3 is 2.39 bits per heavy atom. The Kier molecular flexibility index (Phi) is 8.28. The van der Waals surface area contributed by atoms with E-state index in [4.69, 9.17) is 4.74 Å². The van der Waals surface area contributed by atoms with Crippen molar-refractivity contribution < 1.29 is 9.84 Å². The number of nitrogens with one attached hydrogen (secondary N) is 2. The summed E-state index contributed by atoms with van der Waals surface area (Å²) in [5.41, 5.74) is -0.0368. The van der Waals surface area contributed by atoms with Crippen LogP contribution in [0.15, 0.2) is 39.9 Å². The number of hydrogen-bond donors (Lipinski definition) is 3. The lowest BCUT2D eigenvalue weighted by Gasteiger charge is -2.18. The molecule has 3 N–H and O–H groups in total. The molecular weight excluding hydrogens is 360 g/mol. The summed E-state index contributed by atoms with van der Waals surface area (Å²) in [6, 6.07) is 9.34. The fourth-order valence-corrected chi connectivity index (χ4v) is 2.94. The molecule has 0 aliphatic rings. The summed E-state index contributed by atoms with van der Waals surface area (Å²) in [6.45, 7) is 7.87. The molecular formula is C20H30N4O4. The number of aromatic nitrogens is 2. The average Bonchev–Trinajstić information content (AvgIpc) is 2.71. The van der Waals surface area contributed by atoms with Crippen molar-refractivity contribution >= 4 is 5.82 Å². The van der Waals surface area contributed by atoms with Crippen molar-refractivity contribution in [2.24, 2.45) is 0 Å². The van der Waals surface area contributed by atoms with Gasteiger partial charge >= 0.3 is 5.69 Å². The van der Waals surface area contributed by atoms with Crippen LogP contribution >= 0.6 is 0 Å². The molecule has 1 aromatic carbocycles. The molecule has 8 nitrogen and oxygen atoms in total. The number of aliphatic hydroxyl groups excluding tert-OH is 1. The normalized spacial score (nSPS) is 12.0. The molecule has 0 saturated heterocycles. The second-order valence-electron chi connectivity index (χ2n) is 6.46. The highest BCUT2D eigenvalue weighted by Crippen LogP contribution is 2.09. The van der Waals surface area contributed by atoms with E-state index in [9.17, 15) is 14.7 Å². The highest BCUT2D eigenvalue weighted by Gasteiger charge is 2.14. The van der Waals surface area contributed by atoms with Crippen molar-refractivity contribution in [3.8, 4) is 5.75 Å². The second kappa shape index (κ2) is 10.7. The Morgan fingerprint density at radius 2 is 1.75 bits per heavy atom. The predicted molar refractivity (Wildman–Crippen MR) is 110 cm³/mol. The first-order chi connectivity index (χ1) is 13.5. The molecule has 0 fully saturated rings. The van der Waals surface area contributed by atoms with E-state index >= 15 is 0 Å². The predicted octanol–water partition coefficient (Wildman–Crippen LogP) is 0.800. The summed E-state index contributed by atoms with van der Waals surface area (Å²) < 4.78 is 8.32. The summed E-state index contributed by atoms with van der Waals surface area (Å²) in [6.07, 6.45) is -0.635. The molecule has 2 aromatic rings. The van der Waals surface area contributed by atoms with Crippen LogP contribution in [0.25, 0.3) is 0 Å². The molecule has 0 aliphatic carbocycles. The highest BCUT2D eigenvalue weighted by molar-refractivity contribution is 5.43. The summed E-state index contributed by atoms with van der Waals surface area (Å²) in [4.78, 5) is 24.7. The number of anilines is 1. The number of hydrogen-bond acceptors (Lipinski definition) is 6. The van der Waals surface area contributed by atoms with Crippen LogP contribution in [0.5, 0.6) is 5.75 Å². The van der Waals surface area contributed by atoms with Gasteiger partial charge in [0.05, 0.1) is 5.56 Å². The molecule has 0 aliphatic heterocycles. The van der Waals surface area contributed by atoms with Gasteiger partial charge in [-0.15, -0.1) is 0 Å². The summed E-state index contributed by atoms with van der Waals surface area (Å²) >= 11 is 0. The number of para-hydroxylation sites is 1. The van der Waals surface area contributed by atoms with E-state index in [1.807, 2.05) is 37.3 Å². The van der Waals surface area contributed by atoms with Crippen LogP contribution in [0.3, 0.4) is 0 Å². The number of aliphatic hydroxyl groups is 1. The Hall–Kier alpha value is -2.58. The number of nitrogens with zero attached hydrogens (tertiary/aromatic N) is 2. The van der Waals surface area contributed by atoms with Gasteiger partial charge in [0.1, 0.15) is 24.3 Å². The zero-order valence-electron chi connectivity index (χ0n) is 16.8. The van der Waals surface area contributed by atoms with Gasteiger partial charge < -0.3 is 20.5 Å². The fourth-order valence-electron chi connectivity index (χ4n) is 2.94. The van der Waals surface area contributed by atoms with Crippen molar-refractivity contribution in [2.45, 2.75) is 40.0 Å². The monoisotopic (exact) mass is 390 g/mol. The Morgan fingerprint density at radius 1 is 1.07 bits per heavy atom. The zero-order valence-corrected chi connectivity index (χ0v) is 16.8. The maximum atomic E-state index is 12.4. The van der Waals surface area contributed by atoms with Crippen LogP contribution in [0.4, 0.5) is 5.82 Å². The van der Waals surface area contributed by atoms with Crippen molar-refractivity contribution in [3.63, 3.8) is 0 Å². The minimum absolute atomic E-state index is 0.203. The molecule has 8 heteroatoms. The quantitative estimate of drug-likeness (QED) is 0.491. The molecule has 0 radical (unpaired) electrons. The van der Waals surface area contributed by atoms with Gasteiger partial charge in [0.2, 0.25) is 0 Å². The van der Waals surface area contributed by atoms with Crippen LogP contribution in [0, 0.1) is 6.92 Å². The third-order valence-corrected chi connectivity index (χ3v) is 4.45. The number of ether oxygens (including phenoxy) is 1. The van der Waals surface area contributed by atoms with E-state index in [1.54, 1.807) is 18.4 Å². The topological polar surface area (TPSA) is 97.5 Å². The Balaban J connectivity index is 1.82. The Labute approximate surface area is 164 Å². The van der Waals surface area contributed by atoms with Crippen molar-refractivity contribution in [1.29, 1.82) is 0 Å². The first-order valence-electron chi connectivity index (χ1n) is 9.64. The van der Waals surface area contributed by atoms with Crippen LogP contribution in [-0.2, 0) is 13.1 Å². The summed E-state index contributed by atoms with van der Waals surface area (Å²) in [7, 11) is 0. The van der Waals surface area contributed by atoms with Crippen LogP contribution < -0.4 is 26.6 Å². The molecule has 1 unspecified atom stereocenters. The maximum absolute atomic E-state index is 12.4. The largest absolute Gasteiger partial charge is 0.491 e. The van der Waals surface area contributed by atoms with Crippen LogP contribution in [0.2, 0.25) is 0 Å². The minimum Gasteiger partial charge on any atom is -0.491 e. The lowest BCUT2D eigenvalue weighted by Crippen LogP contribution is -2.42. The summed E-state index contributed by atoms with van der Waals surface area (Å²) in [5, 5.41) is 16.3. The third-order valence-electron chi connectivity index (χ3n) is 4.45. The maximum Gasteiger partial charge on any atom is 0.332 e. The molecule has 0 amide bonds. The lowest BCUT2D eigenvalue weighted by atomic mass is 10.3. The van der Waals surface area contributed by atoms with E-state index in [2.05, 4.69) is 10.6 Å². The molecule has 1 heterocycles. The van der Waals surface area contributed by atoms with E-state index in [-0.39, 0.29) is 17.9 Å². The van der Waals surface area contributed by atoms with Gasteiger partial charge in [-0.1, -0.05) is 18.2 Å². The minimum atomic E-state index is -0.635. The summed E-state index contributed by atoms with van der Waals surface area (Å²) in [5.74, 6) is 1.27. The van der Waals surface area contributed by atoms with E-state index < -0.39 is 6.10 Å². The van der Waals surface area contributed by atoms with Crippen LogP contribution in [0.1, 0.15) is 19.4 Å². The number of rotatable bonds is 11. The second-order valence-corrected chi connectivity index (χ2v) is 6.46. The first-order valence-corrected chi connectivity index (χ1v) is 9.64. The van der Waals surface area contributed by atoms with Gasteiger partial charge in [-0.25, -0.2) is 4.79 Å². The van der Waals surface area contributed by atoms with Gasteiger partial charge in [0, 0.05) is 32.7 Å².